The number of phenolic OH excluding ortho intramolecular Hbond substituents is 1. The van der Waals surface area contributed by atoms with Gasteiger partial charge in [-0.05, 0) is 32.4 Å². The number of hydrogen-bond acceptors (Lipinski definition) is 4. The third-order valence-electron chi connectivity index (χ3n) is 4.53. The van der Waals surface area contributed by atoms with Crippen LogP contribution in [0.15, 0.2) is 12.1 Å². The molecule has 0 atom stereocenters. The van der Waals surface area contributed by atoms with Gasteiger partial charge in [0.05, 0.1) is 16.6 Å². The molecule has 1 amide bonds. The van der Waals surface area contributed by atoms with Crippen LogP contribution in [0.4, 0.5) is 19.0 Å². The van der Waals surface area contributed by atoms with Crippen LogP contribution < -0.4 is 11.5 Å². The maximum atomic E-state index is 13.7. The lowest BCUT2D eigenvalue weighted by Gasteiger charge is -2.15. The highest BCUT2D eigenvalue weighted by Gasteiger charge is 2.41. The minimum Gasteiger partial charge on any atom is -0.508 e. The average Bonchev–Trinajstić information content (AvgIpc) is 3.05. The third kappa shape index (κ3) is 2.59. The number of phenols is 1. The van der Waals surface area contributed by atoms with E-state index in [0.717, 1.165) is 4.68 Å². The molecule has 27 heavy (non-hydrogen) atoms. The van der Waals surface area contributed by atoms with Crippen molar-refractivity contribution in [1.82, 2.24) is 14.3 Å². The number of aromatic hydroxyl groups is 1. The van der Waals surface area contributed by atoms with Crippen LogP contribution >= 0.6 is 0 Å². The predicted octanol–water partition coefficient (Wildman–Crippen LogP) is 2.87. The Morgan fingerprint density at radius 3 is 2.44 bits per heavy atom. The van der Waals surface area contributed by atoms with Gasteiger partial charge in [-0.3, -0.25) is 14.0 Å². The summed E-state index contributed by atoms with van der Waals surface area (Å²) in [5.41, 5.74) is 11.1. The first-order chi connectivity index (χ1) is 12.5. The molecule has 2 aromatic heterocycles. The largest absolute Gasteiger partial charge is 0.508 e. The number of carbonyl (C=O) groups excluding carboxylic acids is 1. The van der Waals surface area contributed by atoms with Gasteiger partial charge < -0.3 is 16.6 Å². The standard InChI is InChI=1S/C17H18F3N5O2/c1-4-24-13(17(18,19)20)10-11(15(22)27)14(21)25(16(10)23-24)12-7(2)5-6-9(26)8(12)3/h5-6,26H,4,21H2,1-3H3,(H2,22,27). The summed E-state index contributed by atoms with van der Waals surface area (Å²) in [6.07, 6.45) is -4.77. The first-order valence-corrected chi connectivity index (χ1v) is 8.07. The highest BCUT2D eigenvalue weighted by Crippen LogP contribution is 2.42. The van der Waals surface area contributed by atoms with Crippen molar-refractivity contribution in [1.29, 1.82) is 0 Å². The quantitative estimate of drug-likeness (QED) is 0.647. The Hall–Kier alpha value is -3.17. The molecular formula is C17H18F3N5O2. The zero-order valence-electron chi connectivity index (χ0n) is 14.8. The summed E-state index contributed by atoms with van der Waals surface area (Å²) in [4.78, 5) is 12.0. The molecule has 0 saturated carbocycles. The van der Waals surface area contributed by atoms with E-state index in [2.05, 4.69) is 5.10 Å². The molecule has 0 fully saturated rings. The van der Waals surface area contributed by atoms with Crippen LogP contribution in [0.2, 0.25) is 0 Å². The van der Waals surface area contributed by atoms with Crippen LogP contribution in [0.25, 0.3) is 16.7 Å². The first kappa shape index (κ1) is 18.6. The van der Waals surface area contributed by atoms with Gasteiger partial charge in [0.15, 0.2) is 11.3 Å². The average molecular weight is 381 g/mol. The molecule has 0 unspecified atom stereocenters. The van der Waals surface area contributed by atoms with E-state index in [1.54, 1.807) is 19.9 Å². The monoisotopic (exact) mass is 381 g/mol. The van der Waals surface area contributed by atoms with Gasteiger partial charge in [0.1, 0.15) is 11.6 Å². The van der Waals surface area contributed by atoms with Crippen LogP contribution in [-0.2, 0) is 12.7 Å². The summed E-state index contributed by atoms with van der Waals surface area (Å²) in [5.74, 6) is -1.41. The van der Waals surface area contributed by atoms with E-state index in [1.807, 2.05) is 0 Å². The van der Waals surface area contributed by atoms with Crippen LogP contribution in [0.1, 0.15) is 34.1 Å². The van der Waals surface area contributed by atoms with Crippen molar-refractivity contribution in [2.75, 3.05) is 5.73 Å². The molecule has 2 heterocycles. The fraction of sp³-hybridized carbons (Fsp3) is 0.294. The van der Waals surface area contributed by atoms with E-state index in [-0.39, 0.29) is 23.8 Å². The van der Waals surface area contributed by atoms with Crippen molar-refractivity contribution < 1.29 is 23.1 Å². The van der Waals surface area contributed by atoms with Crippen molar-refractivity contribution in [3.63, 3.8) is 0 Å². The molecule has 0 radical (unpaired) electrons. The smallest absolute Gasteiger partial charge is 0.433 e. The van der Waals surface area contributed by atoms with Crippen LogP contribution in [-0.4, -0.2) is 25.4 Å². The molecule has 5 N–H and O–H groups in total. The molecule has 0 aliphatic rings. The Kier molecular flexibility index (Phi) is 4.09. The molecule has 0 spiro atoms. The van der Waals surface area contributed by atoms with E-state index in [0.29, 0.717) is 16.8 Å². The minimum absolute atomic E-state index is 0.0663. The van der Waals surface area contributed by atoms with Crippen LogP contribution in [0.5, 0.6) is 5.75 Å². The zero-order valence-corrected chi connectivity index (χ0v) is 14.8. The Morgan fingerprint density at radius 1 is 1.30 bits per heavy atom. The summed E-state index contributed by atoms with van der Waals surface area (Å²) in [6, 6.07) is 3.06. The van der Waals surface area contributed by atoms with Crippen molar-refractivity contribution in [3.8, 4) is 11.4 Å². The van der Waals surface area contributed by atoms with Crippen molar-refractivity contribution in [2.45, 2.75) is 33.5 Å². The van der Waals surface area contributed by atoms with E-state index < -0.39 is 28.7 Å². The number of hydrogen-bond donors (Lipinski definition) is 3. The minimum atomic E-state index is -4.77. The molecule has 0 aliphatic heterocycles. The van der Waals surface area contributed by atoms with Crippen molar-refractivity contribution >= 4 is 22.8 Å². The van der Waals surface area contributed by atoms with Crippen LogP contribution in [0, 0.1) is 13.8 Å². The second-order valence-electron chi connectivity index (χ2n) is 6.20. The topological polar surface area (TPSA) is 112 Å². The number of halogens is 3. The zero-order chi connectivity index (χ0) is 20.3. The number of fused-ring (bicyclic) bond motifs is 1. The predicted molar refractivity (Wildman–Crippen MR) is 93.8 cm³/mol. The number of amides is 1. The van der Waals surface area contributed by atoms with Gasteiger partial charge in [0, 0.05) is 12.1 Å². The number of nitrogens with zero attached hydrogens (tertiary/aromatic N) is 3. The molecule has 3 rings (SSSR count). The van der Waals surface area contributed by atoms with Gasteiger partial charge in [-0.15, -0.1) is 0 Å². The second-order valence-corrected chi connectivity index (χ2v) is 6.20. The molecule has 0 saturated heterocycles. The molecule has 0 aliphatic carbocycles. The van der Waals surface area contributed by atoms with Gasteiger partial charge >= 0.3 is 6.18 Å². The van der Waals surface area contributed by atoms with Gasteiger partial charge in [-0.1, -0.05) is 6.07 Å². The summed E-state index contributed by atoms with van der Waals surface area (Å²) in [7, 11) is 0. The normalized spacial score (nSPS) is 12.1. The van der Waals surface area contributed by atoms with E-state index in [1.165, 1.54) is 17.6 Å². The summed E-state index contributed by atoms with van der Waals surface area (Å²) in [5, 5.41) is 13.6. The lowest BCUT2D eigenvalue weighted by Crippen LogP contribution is -2.18. The highest BCUT2D eigenvalue weighted by molar-refractivity contribution is 6.12. The number of primary amides is 1. The maximum Gasteiger partial charge on any atom is 0.433 e. The molecular weight excluding hydrogens is 363 g/mol. The van der Waals surface area contributed by atoms with E-state index in [9.17, 15) is 23.1 Å². The van der Waals surface area contributed by atoms with Crippen molar-refractivity contribution in [3.05, 3.63) is 34.5 Å². The molecule has 0 bridgehead atoms. The summed E-state index contributed by atoms with van der Waals surface area (Å²) < 4.78 is 43.1. The van der Waals surface area contributed by atoms with Gasteiger partial charge in [0.25, 0.3) is 5.91 Å². The SMILES string of the molecule is CCn1nc2c(c(C(N)=O)c(N)n2-c2c(C)ccc(O)c2C)c1C(F)(F)F. The highest BCUT2D eigenvalue weighted by atomic mass is 19.4. The summed E-state index contributed by atoms with van der Waals surface area (Å²) >= 11 is 0. The number of nitrogens with two attached hydrogens (primary N) is 2. The molecule has 10 heteroatoms. The molecule has 144 valence electrons. The Bertz CT molecular complexity index is 1080. The van der Waals surface area contributed by atoms with Crippen molar-refractivity contribution in [2.24, 2.45) is 5.73 Å². The number of carbonyl (C=O) groups is 1. The van der Waals surface area contributed by atoms with Gasteiger partial charge in [0.2, 0.25) is 0 Å². The number of aryl methyl sites for hydroxylation is 2. The number of anilines is 1. The molecule has 7 nitrogen and oxygen atoms in total. The Balaban J connectivity index is 2.58. The Labute approximate surface area is 152 Å². The summed E-state index contributed by atoms with van der Waals surface area (Å²) in [6.45, 7) is 4.73. The third-order valence-corrected chi connectivity index (χ3v) is 4.53. The number of aromatic nitrogens is 3. The van der Waals surface area contributed by atoms with Gasteiger partial charge in [-0.25, -0.2) is 0 Å². The van der Waals surface area contributed by atoms with E-state index in [4.69, 9.17) is 11.5 Å². The number of alkyl halides is 3. The lowest BCUT2D eigenvalue weighted by molar-refractivity contribution is -0.142. The lowest BCUT2D eigenvalue weighted by atomic mass is 10.1. The second kappa shape index (κ2) is 5.93. The van der Waals surface area contributed by atoms with Crippen LogP contribution in [0.3, 0.4) is 0 Å². The fourth-order valence-electron chi connectivity index (χ4n) is 3.35. The first-order valence-electron chi connectivity index (χ1n) is 8.07. The maximum absolute atomic E-state index is 13.7. The molecule has 3 aromatic rings. The fourth-order valence-corrected chi connectivity index (χ4v) is 3.35. The molecule has 1 aromatic carbocycles. The number of benzene rings is 1. The van der Waals surface area contributed by atoms with Gasteiger partial charge in [-0.2, -0.15) is 18.3 Å². The van der Waals surface area contributed by atoms with E-state index >= 15 is 0 Å². The number of nitrogen functional groups attached to an aromatic ring is 1. The Morgan fingerprint density at radius 2 is 1.93 bits per heavy atom. The number of rotatable bonds is 3.